The lowest BCUT2D eigenvalue weighted by molar-refractivity contribution is 0.0427. The zero-order valence-corrected chi connectivity index (χ0v) is 16.6. The molecule has 0 saturated carbocycles. The average molecular weight is 403 g/mol. The van der Waals surface area contributed by atoms with E-state index < -0.39 is 23.4 Å². The van der Waals surface area contributed by atoms with Crippen LogP contribution in [0.25, 0.3) is 0 Å². The van der Waals surface area contributed by atoms with Gasteiger partial charge in [-0.3, -0.25) is 0 Å². The molecule has 0 aliphatic heterocycles. The van der Waals surface area contributed by atoms with Crippen molar-refractivity contribution in [2.45, 2.75) is 52.7 Å². The van der Waals surface area contributed by atoms with Crippen molar-refractivity contribution >= 4 is 33.9 Å². The molecule has 1 aromatic rings. The van der Waals surface area contributed by atoms with Crippen LogP contribution in [0, 0.1) is 0 Å². The van der Waals surface area contributed by atoms with E-state index in [2.05, 4.69) is 20.9 Å². The molecule has 0 N–H and O–H groups in total. The van der Waals surface area contributed by atoms with Gasteiger partial charge in [0.1, 0.15) is 11.2 Å². The Hall–Kier alpha value is -1.83. The van der Waals surface area contributed by atoms with Crippen LogP contribution in [0.15, 0.2) is 16.7 Å². The smallest absolute Gasteiger partial charge is 0.425 e. The third-order valence-corrected chi connectivity index (χ3v) is 2.82. The zero-order valence-electron chi connectivity index (χ0n) is 15.0. The van der Waals surface area contributed by atoms with E-state index in [1.165, 1.54) is 13.3 Å². The summed E-state index contributed by atoms with van der Waals surface area (Å²) in [4.78, 5) is 29.9. The Morgan fingerprint density at radius 1 is 1.04 bits per heavy atom. The molecule has 8 heteroatoms. The van der Waals surface area contributed by atoms with Crippen molar-refractivity contribution in [2.24, 2.45) is 0 Å². The second kappa shape index (κ2) is 7.38. The molecule has 134 valence electrons. The van der Waals surface area contributed by atoms with E-state index >= 15 is 0 Å². The van der Waals surface area contributed by atoms with Crippen molar-refractivity contribution in [2.75, 3.05) is 12.0 Å². The van der Waals surface area contributed by atoms with Gasteiger partial charge < -0.3 is 14.2 Å². The van der Waals surface area contributed by atoms with Crippen molar-refractivity contribution in [3.63, 3.8) is 0 Å². The number of rotatable bonds is 2. The Kier molecular flexibility index (Phi) is 6.21. The summed E-state index contributed by atoms with van der Waals surface area (Å²) in [7, 11) is 1.41. The van der Waals surface area contributed by atoms with Gasteiger partial charge in [0.2, 0.25) is 0 Å². The molecule has 7 nitrogen and oxygen atoms in total. The maximum absolute atomic E-state index is 12.5. The van der Waals surface area contributed by atoms with Crippen molar-refractivity contribution < 1.29 is 23.8 Å². The number of ether oxygens (including phenoxy) is 3. The van der Waals surface area contributed by atoms with Crippen molar-refractivity contribution in [3.05, 3.63) is 16.7 Å². The van der Waals surface area contributed by atoms with Gasteiger partial charge in [-0.05, 0) is 63.5 Å². The van der Waals surface area contributed by atoms with Crippen molar-refractivity contribution in [1.82, 2.24) is 4.98 Å². The number of carbonyl (C=O) groups is 2. The van der Waals surface area contributed by atoms with Crippen LogP contribution in [0.4, 0.5) is 15.4 Å². The molecule has 0 aliphatic rings. The lowest BCUT2D eigenvalue weighted by Crippen LogP contribution is -2.44. The molecular formula is C16H23BrN2O5. The molecular weight excluding hydrogens is 380 g/mol. The van der Waals surface area contributed by atoms with E-state index in [1.54, 1.807) is 47.6 Å². The maximum atomic E-state index is 12.5. The number of aromatic nitrogens is 1. The number of anilines is 1. The Morgan fingerprint density at radius 3 is 1.88 bits per heavy atom. The fraction of sp³-hybridized carbons (Fsp3) is 0.562. The Morgan fingerprint density at radius 2 is 1.50 bits per heavy atom. The first-order chi connectivity index (χ1) is 10.8. The third-order valence-electron chi connectivity index (χ3n) is 2.38. The first-order valence-corrected chi connectivity index (χ1v) is 8.09. The molecule has 0 bridgehead atoms. The molecule has 2 amide bonds. The zero-order chi connectivity index (χ0) is 18.7. The predicted octanol–water partition coefficient (Wildman–Crippen LogP) is 4.53. The fourth-order valence-electron chi connectivity index (χ4n) is 1.59. The lowest BCUT2D eigenvalue weighted by Gasteiger charge is -2.28. The highest BCUT2D eigenvalue weighted by atomic mass is 79.9. The third kappa shape index (κ3) is 5.99. The first-order valence-electron chi connectivity index (χ1n) is 7.29. The fourth-order valence-corrected chi connectivity index (χ4v) is 1.90. The summed E-state index contributed by atoms with van der Waals surface area (Å²) in [6, 6.07) is 1.59. The van der Waals surface area contributed by atoms with Gasteiger partial charge >= 0.3 is 12.2 Å². The predicted molar refractivity (Wildman–Crippen MR) is 93.4 cm³/mol. The van der Waals surface area contributed by atoms with Crippen LogP contribution >= 0.6 is 15.9 Å². The van der Waals surface area contributed by atoms with Gasteiger partial charge in [-0.25, -0.2) is 14.6 Å². The number of pyridine rings is 1. The number of nitrogens with zero attached hydrogens (tertiary/aromatic N) is 2. The molecule has 24 heavy (non-hydrogen) atoms. The Balaban J connectivity index is 3.33. The Labute approximate surface area is 150 Å². The minimum Gasteiger partial charge on any atom is -0.493 e. The maximum Gasteiger partial charge on any atom is 0.425 e. The Bertz CT molecular complexity index is 592. The van der Waals surface area contributed by atoms with Gasteiger partial charge in [0, 0.05) is 10.7 Å². The molecule has 1 heterocycles. The minimum absolute atomic E-state index is 0.0100. The van der Waals surface area contributed by atoms with Gasteiger partial charge in [0.05, 0.1) is 7.11 Å². The van der Waals surface area contributed by atoms with E-state index in [-0.39, 0.29) is 11.6 Å². The van der Waals surface area contributed by atoms with Crippen LogP contribution in [-0.4, -0.2) is 35.5 Å². The molecule has 0 aliphatic carbocycles. The number of methoxy groups -OCH3 is 1. The second-order valence-corrected chi connectivity index (χ2v) is 7.89. The molecule has 0 spiro atoms. The van der Waals surface area contributed by atoms with E-state index in [0.29, 0.717) is 4.47 Å². The van der Waals surface area contributed by atoms with Crippen LogP contribution in [0.5, 0.6) is 5.75 Å². The monoisotopic (exact) mass is 402 g/mol. The van der Waals surface area contributed by atoms with Crippen LogP contribution in [0.1, 0.15) is 41.5 Å². The molecule has 0 fully saturated rings. The van der Waals surface area contributed by atoms with Gasteiger partial charge in [0.25, 0.3) is 0 Å². The van der Waals surface area contributed by atoms with Gasteiger partial charge in [-0.1, -0.05) is 0 Å². The van der Waals surface area contributed by atoms with Crippen molar-refractivity contribution in [3.8, 4) is 5.75 Å². The summed E-state index contributed by atoms with van der Waals surface area (Å²) < 4.78 is 16.5. The number of halogens is 1. The average Bonchev–Trinajstić information content (AvgIpc) is 2.36. The molecule has 0 unspecified atom stereocenters. The molecule has 1 aromatic heterocycles. The molecule has 0 saturated heterocycles. The lowest BCUT2D eigenvalue weighted by atomic mass is 10.2. The van der Waals surface area contributed by atoms with E-state index in [4.69, 9.17) is 14.2 Å². The van der Waals surface area contributed by atoms with Gasteiger partial charge in [0.15, 0.2) is 11.6 Å². The van der Waals surface area contributed by atoms with E-state index in [0.717, 1.165) is 4.90 Å². The highest BCUT2D eigenvalue weighted by Gasteiger charge is 2.35. The largest absolute Gasteiger partial charge is 0.493 e. The normalized spacial score (nSPS) is 11.7. The summed E-state index contributed by atoms with van der Waals surface area (Å²) >= 11 is 3.26. The van der Waals surface area contributed by atoms with Crippen LogP contribution < -0.4 is 9.64 Å². The highest BCUT2D eigenvalue weighted by Crippen LogP contribution is 2.31. The topological polar surface area (TPSA) is 78.0 Å². The molecule has 1 rings (SSSR count). The van der Waals surface area contributed by atoms with Crippen LogP contribution in [0.2, 0.25) is 0 Å². The van der Waals surface area contributed by atoms with E-state index in [9.17, 15) is 9.59 Å². The first kappa shape index (κ1) is 20.2. The number of hydrogen-bond acceptors (Lipinski definition) is 6. The standard InChI is InChI=1S/C16H23BrN2O5/c1-15(2,3)23-13(20)19(14(21)24-16(4,5)6)12-11(22-7)8-10(17)9-18-12/h8-9H,1-7H3. The number of imide groups is 1. The summed E-state index contributed by atoms with van der Waals surface area (Å²) in [6.45, 7) is 10.2. The van der Waals surface area contributed by atoms with Gasteiger partial charge in [-0.2, -0.15) is 4.90 Å². The van der Waals surface area contributed by atoms with Crippen molar-refractivity contribution in [1.29, 1.82) is 0 Å². The van der Waals surface area contributed by atoms with Gasteiger partial charge in [-0.15, -0.1) is 0 Å². The summed E-state index contributed by atoms with van der Waals surface area (Å²) in [6.07, 6.45) is -0.352. The number of carbonyl (C=O) groups excluding carboxylic acids is 2. The molecule has 0 radical (unpaired) electrons. The quantitative estimate of drug-likeness (QED) is 0.722. The summed E-state index contributed by atoms with van der Waals surface area (Å²) in [5.41, 5.74) is -1.58. The highest BCUT2D eigenvalue weighted by molar-refractivity contribution is 9.10. The second-order valence-electron chi connectivity index (χ2n) is 6.98. The summed E-state index contributed by atoms with van der Waals surface area (Å²) in [5, 5.41) is 0. The summed E-state index contributed by atoms with van der Waals surface area (Å²) in [5.74, 6) is 0.213. The molecule has 0 aromatic carbocycles. The van der Waals surface area contributed by atoms with Crippen LogP contribution in [-0.2, 0) is 9.47 Å². The number of amides is 2. The van der Waals surface area contributed by atoms with Crippen LogP contribution in [0.3, 0.4) is 0 Å². The number of hydrogen-bond donors (Lipinski definition) is 0. The SMILES string of the molecule is COc1cc(Br)cnc1N(C(=O)OC(C)(C)C)C(=O)OC(C)(C)C. The van der Waals surface area contributed by atoms with E-state index in [1.807, 2.05) is 0 Å². The molecule has 0 atom stereocenters. The minimum atomic E-state index is -0.898.